The highest BCUT2D eigenvalue weighted by Gasteiger charge is 2.36. The van der Waals surface area contributed by atoms with Crippen LogP contribution < -0.4 is 9.64 Å². The van der Waals surface area contributed by atoms with Gasteiger partial charge in [0.1, 0.15) is 21.4 Å². The molecule has 0 saturated heterocycles. The summed E-state index contributed by atoms with van der Waals surface area (Å²) in [7, 11) is -3.76. The monoisotopic (exact) mass is 409 g/mol. The predicted octanol–water partition coefficient (Wildman–Crippen LogP) is 3.93. The first-order valence-electron chi connectivity index (χ1n) is 8.42. The number of sulfone groups is 1. The summed E-state index contributed by atoms with van der Waals surface area (Å²) in [6.07, 6.45) is 1.73. The minimum atomic E-state index is -3.76. The molecule has 0 spiro atoms. The van der Waals surface area contributed by atoms with Gasteiger partial charge < -0.3 is 9.64 Å². The molecular weight excluding hydrogens is 393 g/mol. The van der Waals surface area contributed by atoms with E-state index in [1.807, 2.05) is 17.9 Å². The summed E-state index contributed by atoms with van der Waals surface area (Å²) in [6.45, 7) is 2.85. The van der Waals surface area contributed by atoms with Gasteiger partial charge in [-0.05, 0) is 30.7 Å². The number of ether oxygens (including phenoxy) is 1. The molecule has 142 valence electrons. The van der Waals surface area contributed by atoms with Crippen LogP contribution in [-0.2, 0) is 9.84 Å². The first-order valence-corrected chi connectivity index (χ1v) is 10.4. The molecule has 1 aromatic carbocycles. The molecule has 0 aliphatic carbocycles. The van der Waals surface area contributed by atoms with Crippen LogP contribution in [0.2, 0.25) is 5.02 Å². The van der Waals surface area contributed by atoms with E-state index < -0.39 is 20.8 Å². The molecule has 0 amide bonds. The summed E-state index contributed by atoms with van der Waals surface area (Å²) in [5, 5.41) is 8.36. The Morgan fingerprint density at radius 3 is 2.70 bits per heavy atom. The molecule has 1 aromatic heterocycles. The normalized spacial score (nSPS) is 15.1. The molecule has 9 heteroatoms. The summed E-state index contributed by atoms with van der Waals surface area (Å²) in [5.41, 5.74) is 0.622. The average molecular weight is 410 g/mol. The van der Waals surface area contributed by atoms with E-state index in [1.165, 1.54) is 12.1 Å². The molecule has 0 bridgehead atoms. The van der Waals surface area contributed by atoms with E-state index in [9.17, 15) is 12.8 Å². The van der Waals surface area contributed by atoms with Gasteiger partial charge in [0, 0.05) is 13.1 Å². The van der Waals surface area contributed by atoms with Gasteiger partial charge in [0.05, 0.1) is 17.4 Å². The van der Waals surface area contributed by atoms with Gasteiger partial charge in [-0.15, -0.1) is 0 Å². The lowest BCUT2D eigenvalue weighted by atomic mass is 10.2. The number of hydrogen-bond acceptors (Lipinski definition) is 6. The number of anilines is 1. The zero-order chi connectivity index (χ0) is 19.6. The topological polar surface area (TPSA) is 83.3 Å². The largest absolute Gasteiger partial charge is 0.437 e. The average Bonchev–Trinajstić information content (AvgIpc) is 2.65. The van der Waals surface area contributed by atoms with Gasteiger partial charge in [-0.2, -0.15) is 14.6 Å². The molecule has 0 atom stereocenters. The minimum absolute atomic E-state index is 0.150. The quantitative estimate of drug-likeness (QED) is 0.695. The number of aromatic nitrogens is 1. The zero-order valence-electron chi connectivity index (χ0n) is 14.6. The van der Waals surface area contributed by atoms with Crippen LogP contribution >= 0.6 is 11.6 Å². The number of fused-ring (bicyclic) bond motifs is 1. The van der Waals surface area contributed by atoms with E-state index in [-0.39, 0.29) is 28.8 Å². The fourth-order valence-electron chi connectivity index (χ4n) is 2.85. The van der Waals surface area contributed by atoms with Crippen LogP contribution in [0.1, 0.15) is 25.3 Å². The molecule has 0 unspecified atom stereocenters. The van der Waals surface area contributed by atoms with Gasteiger partial charge in [0.25, 0.3) is 0 Å². The van der Waals surface area contributed by atoms with Crippen LogP contribution in [0.3, 0.4) is 0 Å². The fourth-order valence-corrected chi connectivity index (χ4v) is 4.86. The van der Waals surface area contributed by atoms with Gasteiger partial charge in [-0.1, -0.05) is 24.9 Å². The van der Waals surface area contributed by atoms with Crippen molar-refractivity contribution in [2.24, 2.45) is 0 Å². The Balaban J connectivity index is 2.13. The van der Waals surface area contributed by atoms with Crippen molar-refractivity contribution in [1.82, 2.24) is 4.98 Å². The maximum absolute atomic E-state index is 14.3. The molecule has 1 aliphatic rings. The van der Waals surface area contributed by atoms with E-state index in [0.29, 0.717) is 17.9 Å². The van der Waals surface area contributed by atoms with Crippen molar-refractivity contribution >= 4 is 27.1 Å². The van der Waals surface area contributed by atoms with Crippen LogP contribution in [0, 0.1) is 17.3 Å². The van der Waals surface area contributed by atoms with E-state index in [1.54, 1.807) is 12.1 Å². The van der Waals surface area contributed by atoms with Crippen LogP contribution in [0.4, 0.5) is 10.1 Å². The molecule has 6 nitrogen and oxygen atoms in total. The molecule has 27 heavy (non-hydrogen) atoms. The highest BCUT2D eigenvalue weighted by Crippen LogP contribution is 2.44. The summed E-state index contributed by atoms with van der Waals surface area (Å²) in [4.78, 5) is 5.30. The second kappa shape index (κ2) is 7.71. The summed E-state index contributed by atoms with van der Waals surface area (Å²) < 4.78 is 45.1. The zero-order valence-corrected chi connectivity index (χ0v) is 16.1. The molecule has 0 fully saturated rings. The third kappa shape index (κ3) is 3.84. The molecule has 2 aromatic rings. The Labute approximate surface area is 162 Å². The van der Waals surface area contributed by atoms with Crippen molar-refractivity contribution < 1.29 is 17.5 Å². The Kier molecular flexibility index (Phi) is 5.53. The maximum atomic E-state index is 14.3. The Hall–Kier alpha value is -2.37. The van der Waals surface area contributed by atoms with Crippen LogP contribution in [0.15, 0.2) is 29.2 Å². The summed E-state index contributed by atoms with van der Waals surface area (Å²) in [5.74, 6) is -1.09. The number of benzene rings is 1. The van der Waals surface area contributed by atoms with Crippen molar-refractivity contribution in [1.29, 1.82) is 5.26 Å². The Bertz CT molecular complexity index is 1000. The lowest BCUT2D eigenvalue weighted by Crippen LogP contribution is -2.37. The van der Waals surface area contributed by atoms with E-state index in [2.05, 4.69) is 4.98 Å². The smallest absolute Gasteiger partial charge is 0.247 e. The summed E-state index contributed by atoms with van der Waals surface area (Å²) in [6, 6.07) is 8.14. The second-order valence-electron chi connectivity index (χ2n) is 6.10. The number of pyridine rings is 1. The summed E-state index contributed by atoms with van der Waals surface area (Å²) >= 11 is 5.97. The number of rotatable bonds is 5. The molecule has 3 rings (SSSR count). The van der Waals surface area contributed by atoms with Crippen molar-refractivity contribution in [3.05, 3.63) is 40.8 Å². The van der Waals surface area contributed by atoms with Crippen molar-refractivity contribution in [3.8, 4) is 17.7 Å². The van der Waals surface area contributed by atoms with Gasteiger partial charge in [-0.25, -0.2) is 8.42 Å². The number of unbranched alkanes of at least 4 members (excludes halogenated alkanes) is 1. The Morgan fingerprint density at radius 2 is 2.07 bits per heavy atom. The fraction of sp³-hybridized carbons (Fsp3) is 0.333. The minimum Gasteiger partial charge on any atom is -0.437 e. The predicted molar refractivity (Wildman–Crippen MR) is 99.6 cm³/mol. The van der Waals surface area contributed by atoms with E-state index >= 15 is 0 Å². The maximum Gasteiger partial charge on any atom is 0.247 e. The van der Waals surface area contributed by atoms with E-state index in [0.717, 1.165) is 12.8 Å². The SMILES string of the molecule is CCCCN1CCS(=O)(=O)c2c(Cl)c(F)nc(Oc3ccc(C#N)cc3)c21. The second-order valence-corrected chi connectivity index (χ2v) is 8.52. The van der Waals surface area contributed by atoms with Crippen LogP contribution in [-0.4, -0.2) is 32.2 Å². The highest BCUT2D eigenvalue weighted by molar-refractivity contribution is 7.91. The Morgan fingerprint density at radius 1 is 1.37 bits per heavy atom. The number of hydrogen-bond donors (Lipinski definition) is 0. The first-order chi connectivity index (χ1) is 12.9. The number of nitrogens with zero attached hydrogens (tertiary/aromatic N) is 3. The lowest BCUT2D eigenvalue weighted by molar-refractivity contribution is 0.439. The molecule has 2 heterocycles. The van der Waals surface area contributed by atoms with E-state index in [4.69, 9.17) is 21.6 Å². The van der Waals surface area contributed by atoms with Gasteiger partial charge in [0.15, 0.2) is 9.84 Å². The number of halogens is 2. The van der Waals surface area contributed by atoms with Crippen molar-refractivity contribution in [2.45, 2.75) is 24.7 Å². The number of nitriles is 1. The highest BCUT2D eigenvalue weighted by atomic mass is 35.5. The molecule has 1 aliphatic heterocycles. The molecule has 0 N–H and O–H groups in total. The van der Waals surface area contributed by atoms with Crippen molar-refractivity contribution in [3.63, 3.8) is 0 Å². The molecular formula is C18H17ClFN3O3S. The third-order valence-corrected chi connectivity index (χ3v) is 6.43. The first kappa shape index (κ1) is 19.4. The van der Waals surface area contributed by atoms with Crippen molar-refractivity contribution in [2.75, 3.05) is 23.7 Å². The molecule has 0 radical (unpaired) electrons. The van der Waals surface area contributed by atoms with Crippen LogP contribution in [0.25, 0.3) is 0 Å². The third-order valence-electron chi connectivity index (χ3n) is 4.23. The molecule has 0 saturated carbocycles. The van der Waals surface area contributed by atoms with Crippen LogP contribution in [0.5, 0.6) is 11.6 Å². The lowest BCUT2D eigenvalue weighted by Gasteiger charge is -2.32. The van der Waals surface area contributed by atoms with Gasteiger partial charge in [-0.3, -0.25) is 0 Å². The van der Waals surface area contributed by atoms with Gasteiger partial charge in [0.2, 0.25) is 11.8 Å². The van der Waals surface area contributed by atoms with Gasteiger partial charge >= 0.3 is 0 Å². The standard InChI is InChI=1S/C18H17ClFN3O3S/c1-2-3-8-23-9-10-27(24,25)16-14(19)17(20)22-18(15(16)23)26-13-6-4-12(11-21)5-7-13/h4-7H,2-3,8-10H2,1H3.